The van der Waals surface area contributed by atoms with Crippen molar-refractivity contribution in [2.75, 3.05) is 5.32 Å². The highest BCUT2D eigenvalue weighted by atomic mass is 19.1. The predicted octanol–water partition coefficient (Wildman–Crippen LogP) is 6.06. The number of halogens is 1. The number of hydrogen-bond donors (Lipinski definition) is 1. The van der Waals surface area contributed by atoms with Crippen molar-refractivity contribution >= 4 is 11.9 Å². The Bertz CT molecular complexity index is 1380. The Morgan fingerprint density at radius 3 is 2.19 bits per heavy atom. The molecule has 0 aliphatic carbocycles. The lowest BCUT2D eigenvalue weighted by Crippen LogP contribution is -2.12. The van der Waals surface area contributed by atoms with Crippen molar-refractivity contribution in [3.8, 4) is 33.9 Å². The van der Waals surface area contributed by atoms with Crippen LogP contribution in [0.5, 0.6) is 0 Å². The standard InChI is InChI=1S/C25H16FN3O3/c26-21-7-2-5-19(15-21)17-11-9-16(10-12-17)18-4-1-6-20(14-18)23(30)27-25-29-28-24(32-25)22-8-3-13-31-22/h1-15H,(H,27,29,30). The van der Waals surface area contributed by atoms with Crippen LogP contribution >= 0.6 is 0 Å². The first kappa shape index (κ1) is 19.4. The van der Waals surface area contributed by atoms with Crippen molar-refractivity contribution in [2.24, 2.45) is 0 Å². The normalized spacial score (nSPS) is 10.8. The number of benzene rings is 3. The summed E-state index contributed by atoms with van der Waals surface area (Å²) in [5, 5.41) is 10.3. The maximum atomic E-state index is 13.5. The number of rotatable bonds is 5. The molecule has 32 heavy (non-hydrogen) atoms. The molecule has 1 N–H and O–H groups in total. The lowest BCUT2D eigenvalue weighted by Gasteiger charge is -2.07. The molecular weight excluding hydrogens is 409 g/mol. The second-order valence-electron chi connectivity index (χ2n) is 7.01. The van der Waals surface area contributed by atoms with E-state index in [-0.39, 0.29) is 23.6 Å². The number of hydrogen-bond acceptors (Lipinski definition) is 5. The lowest BCUT2D eigenvalue weighted by atomic mass is 9.99. The van der Waals surface area contributed by atoms with Gasteiger partial charge in [0.25, 0.3) is 11.8 Å². The Hall–Kier alpha value is -4.52. The molecule has 0 saturated heterocycles. The topological polar surface area (TPSA) is 81.2 Å². The first-order valence-electron chi connectivity index (χ1n) is 9.81. The molecule has 0 radical (unpaired) electrons. The molecule has 0 spiro atoms. The van der Waals surface area contributed by atoms with Gasteiger partial charge in [0.15, 0.2) is 5.76 Å². The first-order chi connectivity index (χ1) is 15.7. The molecule has 1 amide bonds. The molecule has 0 unspecified atom stereocenters. The fraction of sp³-hybridized carbons (Fsp3) is 0. The van der Waals surface area contributed by atoms with Crippen molar-refractivity contribution in [3.05, 3.63) is 103 Å². The van der Waals surface area contributed by atoms with Crippen molar-refractivity contribution in [2.45, 2.75) is 0 Å². The maximum absolute atomic E-state index is 13.5. The van der Waals surface area contributed by atoms with Crippen LogP contribution in [0.1, 0.15) is 10.4 Å². The average molecular weight is 425 g/mol. The molecule has 0 saturated carbocycles. The van der Waals surface area contributed by atoms with E-state index in [0.29, 0.717) is 11.3 Å². The minimum absolute atomic E-state index is 0.0220. The van der Waals surface area contributed by atoms with Gasteiger partial charge in [0, 0.05) is 5.56 Å². The third-order valence-electron chi connectivity index (χ3n) is 4.88. The minimum Gasteiger partial charge on any atom is -0.459 e. The molecule has 156 valence electrons. The smallest absolute Gasteiger partial charge is 0.322 e. The third-order valence-corrected chi connectivity index (χ3v) is 4.88. The number of nitrogens with zero attached hydrogens (tertiary/aromatic N) is 2. The zero-order valence-electron chi connectivity index (χ0n) is 16.7. The quantitative estimate of drug-likeness (QED) is 0.370. The second-order valence-corrected chi connectivity index (χ2v) is 7.01. The fourth-order valence-electron chi connectivity index (χ4n) is 3.31. The number of nitrogens with one attached hydrogen (secondary N) is 1. The molecule has 5 rings (SSSR count). The van der Waals surface area contributed by atoms with Crippen LogP contribution in [0.15, 0.2) is 100 Å². The highest BCUT2D eigenvalue weighted by Crippen LogP contribution is 2.26. The zero-order valence-corrected chi connectivity index (χ0v) is 16.7. The summed E-state index contributed by atoms with van der Waals surface area (Å²) in [6.45, 7) is 0. The molecular formula is C25H16FN3O3. The Balaban J connectivity index is 1.33. The van der Waals surface area contributed by atoms with Gasteiger partial charge in [-0.15, -0.1) is 5.10 Å². The van der Waals surface area contributed by atoms with E-state index < -0.39 is 0 Å². The molecule has 2 heterocycles. The first-order valence-corrected chi connectivity index (χ1v) is 9.81. The number of carbonyl (C=O) groups is 1. The third kappa shape index (κ3) is 4.04. The van der Waals surface area contributed by atoms with Crippen molar-refractivity contribution in [3.63, 3.8) is 0 Å². The van der Waals surface area contributed by atoms with Crippen LogP contribution in [0.25, 0.3) is 33.9 Å². The van der Waals surface area contributed by atoms with E-state index in [1.165, 1.54) is 18.4 Å². The molecule has 6 nitrogen and oxygen atoms in total. The van der Waals surface area contributed by atoms with E-state index in [2.05, 4.69) is 15.5 Å². The summed E-state index contributed by atoms with van der Waals surface area (Å²) in [7, 11) is 0. The van der Waals surface area contributed by atoms with E-state index in [4.69, 9.17) is 8.83 Å². The Kier molecular flexibility index (Phi) is 5.05. The van der Waals surface area contributed by atoms with Gasteiger partial charge < -0.3 is 8.83 Å². The van der Waals surface area contributed by atoms with Crippen LogP contribution in [-0.4, -0.2) is 16.1 Å². The highest BCUT2D eigenvalue weighted by Gasteiger charge is 2.14. The molecule has 0 bridgehead atoms. The lowest BCUT2D eigenvalue weighted by molar-refractivity contribution is 0.102. The second kappa shape index (κ2) is 8.31. The van der Waals surface area contributed by atoms with Crippen LogP contribution in [0.3, 0.4) is 0 Å². The summed E-state index contributed by atoms with van der Waals surface area (Å²) < 4.78 is 24.1. The highest BCUT2D eigenvalue weighted by molar-refractivity contribution is 6.03. The Labute approximate surface area is 182 Å². The predicted molar refractivity (Wildman–Crippen MR) is 117 cm³/mol. The SMILES string of the molecule is O=C(Nc1nnc(-c2ccco2)o1)c1cccc(-c2ccc(-c3cccc(F)c3)cc2)c1. The van der Waals surface area contributed by atoms with Gasteiger partial charge in [-0.3, -0.25) is 10.1 Å². The number of carbonyl (C=O) groups excluding carboxylic acids is 1. The average Bonchev–Trinajstić information content (AvgIpc) is 3.51. The molecule has 0 aliphatic rings. The van der Waals surface area contributed by atoms with Crippen LogP contribution in [-0.2, 0) is 0 Å². The van der Waals surface area contributed by atoms with Crippen LogP contribution in [0.4, 0.5) is 10.4 Å². The van der Waals surface area contributed by atoms with Gasteiger partial charge in [0.05, 0.1) is 6.26 Å². The Morgan fingerprint density at radius 2 is 1.50 bits per heavy atom. The summed E-state index contributed by atoms with van der Waals surface area (Å²) >= 11 is 0. The molecule has 2 aromatic heterocycles. The zero-order chi connectivity index (χ0) is 21.9. The van der Waals surface area contributed by atoms with Crippen LogP contribution < -0.4 is 5.32 Å². The van der Waals surface area contributed by atoms with Gasteiger partial charge in [-0.1, -0.05) is 53.6 Å². The van der Waals surface area contributed by atoms with E-state index in [1.54, 1.807) is 36.4 Å². The molecule has 5 aromatic rings. The van der Waals surface area contributed by atoms with E-state index >= 15 is 0 Å². The van der Waals surface area contributed by atoms with Crippen molar-refractivity contribution < 1.29 is 18.0 Å². The van der Waals surface area contributed by atoms with Crippen molar-refractivity contribution in [1.82, 2.24) is 10.2 Å². The van der Waals surface area contributed by atoms with E-state index in [1.807, 2.05) is 36.4 Å². The summed E-state index contributed by atoms with van der Waals surface area (Å²) in [6.07, 6.45) is 1.49. The summed E-state index contributed by atoms with van der Waals surface area (Å²) in [5.74, 6) is -0.0557. The number of amides is 1. The van der Waals surface area contributed by atoms with Gasteiger partial charge in [-0.05, 0) is 58.7 Å². The van der Waals surface area contributed by atoms with Gasteiger partial charge >= 0.3 is 6.01 Å². The summed E-state index contributed by atoms with van der Waals surface area (Å²) in [5.41, 5.74) is 3.95. The molecule has 0 aliphatic heterocycles. The molecule has 0 atom stereocenters. The molecule has 7 heteroatoms. The Morgan fingerprint density at radius 1 is 0.781 bits per heavy atom. The van der Waals surface area contributed by atoms with E-state index in [9.17, 15) is 9.18 Å². The van der Waals surface area contributed by atoms with Gasteiger partial charge in [0.2, 0.25) is 0 Å². The summed E-state index contributed by atoms with van der Waals surface area (Å²) in [6, 6.07) is 24.7. The largest absolute Gasteiger partial charge is 0.459 e. The summed E-state index contributed by atoms with van der Waals surface area (Å²) in [4.78, 5) is 12.7. The van der Waals surface area contributed by atoms with E-state index in [0.717, 1.165) is 22.3 Å². The van der Waals surface area contributed by atoms with Crippen molar-refractivity contribution in [1.29, 1.82) is 0 Å². The minimum atomic E-state index is -0.377. The van der Waals surface area contributed by atoms with Gasteiger partial charge in [-0.2, -0.15) is 0 Å². The number of aromatic nitrogens is 2. The molecule has 0 fully saturated rings. The maximum Gasteiger partial charge on any atom is 0.322 e. The van der Waals surface area contributed by atoms with Gasteiger partial charge in [-0.25, -0.2) is 4.39 Å². The number of anilines is 1. The van der Waals surface area contributed by atoms with Gasteiger partial charge in [0.1, 0.15) is 5.82 Å². The monoisotopic (exact) mass is 425 g/mol. The van der Waals surface area contributed by atoms with Crippen LogP contribution in [0.2, 0.25) is 0 Å². The molecule has 3 aromatic carbocycles. The fourth-order valence-corrected chi connectivity index (χ4v) is 3.31. The number of furan rings is 1. The van der Waals surface area contributed by atoms with Crippen LogP contribution in [0, 0.1) is 5.82 Å².